The van der Waals surface area contributed by atoms with Crippen LogP contribution in [0.5, 0.6) is 0 Å². The lowest BCUT2D eigenvalue weighted by molar-refractivity contribution is 0.666. The standard InChI is InChI=1S/C13H11NO/c1-2-9-3-4-12-11(7-9)10-5-6-14-8-13(10)15-12/h3-8H,2H2,1H3. The third-order valence-electron chi connectivity index (χ3n) is 2.75. The summed E-state index contributed by atoms with van der Waals surface area (Å²) in [6.45, 7) is 2.16. The lowest BCUT2D eigenvalue weighted by atomic mass is 10.1. The smallest absolute Gasteiger partial charge is 0.153 e. The van der Waals surface area contributed by atoms with E-state index in [0.717, 1.165) is 23.0 Å². The van der Waals surface area contributed by atoms with Crippen molar-refractivity contribution in [3.05, 3.63) is 42.2 Å². The molecule has 0 fully saturated rings. The first-order chi connectivity index (χ1) is 7.38. The normalized spacial score (nSPS) is 11.3. The molecular formula is C13H11NO. The minimum absolute atomic E-state index is 0.862. The number of fused-ring (bicyclic) bond motifs is 3. The first-order valence-corrected chi connectivity index (χ1v) is 5.13. The van der Waals surface area contributed by atoms with Crippen molar-refractivity contribution in [1.82, 2.24) is 4.98 Å². The maximum atomic E-state index is 5.69. The van der Waals surface area contributed by atoms with Gasteiger partial charge in [0.1, 0.15) is 5.58 Å². The molecule has 3 rings (SSSR count). The van der Waals surface area contributed by atoms with Crippen LogP contribution in [-0.4, -0.2) is 4.98 Å². The second kappa shape index (κ2) is 3.09. The van der Waals surface area contributed by atoms with Gasteiger partial charge in [0.15, 0.2) is 5.58 Å². The Labute approximate surface area is 87.5 Å². The van der Waals surface area contributed by atoms with E-state index in [0.29, 0.717) is 0 Å². The van der Waals surface area contributed by atoms with E-state index in [1.165, 1.54) is 10.9 Å². The van der Waals surface area contributed by atoms with Gasteiger partial charge in [-0.25, -0.2) is 0 Å². The van der Waals surface area contributed by atoms with Gasteiger partial charge < -0.3 is 4.42 Å². The molecule has 0 spiro atoms. The number of aryl methyl sites for hydroxylation is 1. The second-order valence-corrected chi connectivity index (χ2v) is 3.66. The largest absolute Gasteiger partial charge is 0.454 e. The molecule has 0 unspecified atom stereocenters. The van der Waals surface area contributed by atoms with E-state index in [9.17, 15) is 0 Å². The van der Waals surface area contributed by atoms with E-state index >= 15 is 0 Å². The van der Waals surface area contributed by atoms with Crippen molar-refractivity contribution in [2.24, 2.45) is 0 Å². The summed E-state index contributed by atoms with van der Waals surface area (Å²) in [5.74, 6) is 0. The molecule has 1 aromatic carbocycles. The van der Waals surface area contributed by atoms with Gasteiger partial charge in [-0.2, -0.15) is 0 Å². The fraction of sp³-hybridized carbons (Fsp3) is 0.154. The minimum Gasteiger partial charge on any atom is -0.454 e. The highest BCUT2D eigenvalue weighted by molar-refractivity contribution is 6.04. The predicted octanol–water partition coefficient (Wildman–Crippen LogP) is 3.54. The molecule has 0 aliphatic rings. The van der Waals surface area contributed by atoms with Gasteiger partial charge in [0.05, 0.1) is 6.20 Å². The summed E-state index contributed by atoms with van der Waals surface area (Å²) < 4.78 is 5.69. The van der Waals surface area contributed by atoms with Crippen molar-refractivity contribution in [3.63, 3.8) is 0 Å². The zero-order chi connectivity index (χ0) is 10.3. The highest BCUT2D eigenvalue weighted by Gasteiger charge is 2.06. The van der Waals surface area contributed by atoms with Gasteiger partial charge in [0, 0.05) is 17.0 Å². The van der Waals surface area contributed by atoms with Crippen LogP contribution in [-0.2, 0) is 6.42 Å². The van der Waals surface area contributed by atoms with Gasteiger partial charge in [-0.15, -0.1) is 0 Å². The molecular weight excluding hydrogens is 186 g/mol. The molecule has 2 aromatic heterocycles. The lowest BCUT2D eigenvalue weighted by Gasteiger charge is -1.94. The molecule has 74 valence electrons. The van der Waals surface area contributed by atoms with Crippen LogP contribution in [0.3, 0.4) is 0 Å². The van der Waals surface area contributed by atoms with Crippen LogP contribution in [0.4, 0.5) is 0 Å². The number of furan rings is 1. The average molecular weight is 197 g/mol. The molecule has 0 N–H and O–H groups in total. The van der Waals surface area contributed by atoms with E-state index in [1.54, 1.807) is 12.4 Å². The topological polar surface area (TPSA) is 26.0 Å². The summed E-state index contributed by atoms with van der Waals surface area (Å²) in [6, 6.07) is 8.34. The Bertz CT molecular complexity index is 625. The molecule has 0 radical (unpaired) electrons. The Morgan fingerprint density at radius 2 is 2.07 bits per heavy atom. The molecule has 2 nitrogen and oxygen atoms in total. The van der Waals surface area contributed by atoms with Crippen molar-refractivity contribution in [2.75, 3.05) is 0 Å². The first-order valence-electron chi connectivity index (χ1n) is 5.13. The van der Waals surface area contributed by atoms with Gasteiger partial charge >= 0.3 is 0 Å². The van der Waals surface area contributed by atoms with Crippen molar-refractivity contribution in [3.8, 4) is 0 Å². The average Bonchev–Trinajstić information content (AvgIpc) is 2.66. The van der Waals surface area contributed by atoms with Crippen molar-refractivity contribution < 1.29 is 4.42 Å². The Hall–Kier alpha value is -1.83. The minimum atomic E-state index is 0.862. The highest BCUT2D eigenvalue weighted by atomic mass is 16.3. The molecule has 0 atom stereocenters. The zero-order valence-corrected chi connectivity index (χ0v) is 8.53. The number of aromatic nitrogens is 1. The van der Waals surface area contributed by atoms with Crippen LogP contribution >= 0.6 is 0 Å². The predicted molar refractivity (Wildman–Crippen MR) is 60.9 cm³/mol. The van der Waals surface area contributed by atoms with Gasteiger partial charge in [-0.3, -0.25) is 4.98 Å². The van der Waals surface area contributed by atoms with E-state index in [2.05, 4.69) is 24.0 Å². The lowest BCUT2D eigenvalue weighted by Crippen LogP contribution is -1.77. The van der Waals surface area contributed by atoms with Crippen LogP contribution < -0.4 is 0 Å². The molecule has 2 heterocycles. The maximum absolute atomic E-state index is 5.69. The number of rotatable bonds is 1. The summed E-state index contributed by atoms with van der Waals surface area (Å²) in [6.07, 6.45) is 4.62. The summed E-state index contributed by atoms with van der Waals surface area (Å²) in [5, 5.41) is 2.34. The summed E-state index contributed by atoms with van der Waals surface area (Å²) >= 11 is 0. The molecule has 0 saturated heterocycles. The molecule has 3 aromatic rings. The molecule has 2 heteroatoms. The SMILES string of the molecule is CCc1ccc2oc3cnccc3c2c1. The quantitative estimate of drug-likeness (QED) is 0.596. The van der Waals surface area contributed by atoms with E-state index in [4.69, 9.17) is 4.42 Å². The van der Waals surface area contributed by atoms with Crippen LogP contribution in [0, 0.1) is 0 Å². The van der Waals surface area contributed by atoms with Gasteiger partial charge in [-0.05, 0) is 30.2 Å². The Balaban J connectivity index is 2.46. The van der Waals surface area contributed by atoms with Gasteiger partial charge in [0.25, 0.3) is 0 Å². The third-order valence-corrected chi connectivity index (χ3v) is 2.75. The zero-order valence-electron chi connectivity index (χ0n) is 8.53. The molecule has 0 bridgehead atoms. The number of hydrogen-bond acceptors (Lipinski definition) is 2. The molecule has 0 saturated carbocycles. The number of pyridine rings is 1. The van der Waals surface area contributed by atoms with Crippen LogP contribution in [0.25, 0.3) is 21.9 Å². The molecule has 0 amide bonds. The fourth-order valence-electron chi connectivity index (χ4n) is 1.90. The number of hydrogen-bond donors (Lipinski definition) is 0. The van der Waals surface area contributed by atoms with Crippen molar-refractivity contribution >= 4 is 21.9 Å². The summed E-state index contributed by atoms with van der Waals surface area (Å²) in [4.78, 5) is 4.06. The monoisotopic (exact) mass is 197 g/mol. The van der Waals surface area contributed by atoms with Crippen LogP contribution in [0.15, 0.2) is 41.1 Å². The van der Waals surface area contributed by atoms with E-state index in [-0.39, 0.29) is 0 Å². The van der Waals surface area contributed by atoms with Crippen LogP contribution in [0.2, 0.25) is 0 Å². The van der Waals surface area contributed by atoms with E-state index < -0.39 is 0 Å². The van der Waals surface area contributed by atoms with Crippen molar-refractivity contribution in [2.45, 2.75) is 13.3 Å². The van der Waals surface area contributed by atoms with Gasteiger partial charge in [0.2, 0.25) is 0 Å². The summed E-state index contributed by atoms with van der Waals surface area (Å²) in [5.41, 5.74) is 3.14. The maximum Gasteiger partial charge on any atom is 0.153 e. The fourth-order valence-corrected chi connectivity index (χ4v) is 1.90. The Kier molecular flexibility index (Phi) is 1.75. The first kappa shape index (κ1) is 8.48. The molecule has 0 aliphatic carbocycles. The highest BCUT2D eigenvalue weighted by Crippen LogP contribution is 2.28. The summed E-state index contributed by atoms with van der Waals surface area (Å²) in [7, 11) is 0. The Morgan fingerprint density at radius 3 is 2.93 bits per heavy atom. The second-order valence-electron chi connectivity index (χ2n) is 3.66. The number of nitrogens with zero attached hydrogens (tertiary/aromatic N) is 1. The molecule has 15 heavy (non-hydrogen) atoms. The van der Waals surface area contributed by atoms with Gasteiger partial charge in [-0.1, -0.05) is 13.0 Å². The Morgan fingerprint density at radius 1 is 1.13 bits per heavy atom. The number of benzene rings is 1. The van der Waals surface area contributed by atoms with Crippen LogP contribution in [0.1, 0.15) is 12.5 Å². The molecule has 0 aliphatic heterocycles. The van der Waals surface area contributed by atoms with E-state index in [1.807, 2.05) is 12.1 Å². The third kappa shape index (κ3) is 1.22. The van der Waals surface area contributed by atoms with Crippen molar-refractivity contribution in [1.29, 1.82) is 0 Å².